The highest BCUT2D eigenvalue weighted by Gasteiger charge is 2.25. The number of anilines is 2. The minimum absolute atomic E-state index is 0.0596. The van der Waals surface area contributed by atoms with Crippen molar-refractivity contribution in [2.75, 3.05) is 36.0 Å². The van der Waals surface area contributed by atoms with E-state index in [0.29, 0.717) is 5.56 Å². The van der Waals surface area contributed by atoms with Crippen LogP contribution in [0.25, 0.3) is 0 Å². The Balaban J connectivity index is 2.15. The van der Waals surface area contributed by atoms with E-state index in [-0.39, 0.29) is 10.8 Å². The van der Waals surface area contributed by atoms with Crippen molar-refractivity contribution in [2.24, 2.45) is 0 Å². The fourth-order valence-electron chi connectivity index (χ4n) is 4.44. The number of benzene rings is 3. The first kappa shape index (κ1) is 24.8. The standard InChI is InChI=1S/C27H34N2O3S/c1-5-28(6-2)23-17-13-21(14-18-23)27(25-11-9-10-12-26(25)33(30,31)32)22-15-19-24(20-16-22)29(7-3)8-4/h9-20,27H,5-8H2,1-4H3,(H,30,31,32). The Morgan fingerprint density at radius 2 is 1.06 bits per heavy atom. The van der Waals surface area contributed by atoms with Gasteiger partial charge in [-0.05, 0) is 74.7 Å². The molecule has 0 aromatic heterocycles. The zero-order valence-corrected chi connectivity index (χ0v) is 20.7. The second-order valence-corrected chi connectivity index (χ2v) is 9.36. The van der Waals surface area contributed by atoms with E-state index in [1.807, 2.05) is 6.07 Å². The first-order valence-electron chi connectivity index (χ1n) is 11.6. The normalized spacial score (nSPS) is 11.6. The maximum Gasteiger partial charge on any atom is 0.294 e. The Bertz CT molecular complexity index is 1080. The van der Waals surface area contributed by atoms with E-state index in [4.69, 9.17) is 0 Å². The molecule has 0 aliphatic heterocycles. The molecular formula is C27H34N2O3S. The van der Waals surface area contributed by atoms with Gasteiger partial charge in [0.1, 0.15) is 0 Å². The van der Waals surface area contributed by atoms with Crippen molar-refractivity contribution in [3.05, 3.63) is 89.5 Å². The molecule has 1 N–H and O–H groups in total. The van der Waals surface area contributed by atoms with Gasteiger partial charge in [-0.3, -0.25) is 4.55 Å². The quantitative estimate of drug-likeness (QED) is 0.302. The van der Waals surface area contributed by atoms with Crippen LogP contribution in [0, 0.1) is 0 Å². The van der Waals surface area contributed by atoms with Gasteiger partial charge in [0.25, 0.3) is 10.1 Å². The first-order chi connectivity index (χ1) is 15.8. The van der Waals surface area contributed by atoms with Gasteiger partial charge >= 0.3 is 0 Å². The van der Waals surface area contributed by atoms with E-state index >= 15 is 0 Å². The van der Waals surface area contributed by atoms with E-state index in [0.717, 1.165) is 48.7 Å². The molecule has 5 nitrogen and oxygen atoms in total. The number of hydrogen-bond acceptors (Lipinski definition) is 4. The van der Waals surface area contributed by atoms with Crippen molar-refractivity contribution in [3.63, 3.8) is 0 Å². The number of hydrogen-bond donors (Lipinski definition) is 1. The third kappa shape index (κ3) is 5.57. The molecule has 176 valence electrons. The van der Waals surface area contributed by atoms with Gasteiger partial charge in [0, 0.05) is 43.5 Å². The monoisotopic (exact) mass is 466 g/mol. The average molecular weight is 467 g/mol. The molecule has 0 saturated carbocycles. The van der Waals surface area contributed by atoms with E-state index < -0.39 is 10.1 Å². The largest absolute Gasteiger partial charge is 0.372 e. The van der Waals surface area contributed by atoms with Crippen molar-refractivity contribution in [3.8, 4) is 0 Å². The van der Waals surface area contributed by atoms with Gasteiger partial charge in [-0.1, -0.05) is 42.5 Å². The molecule has 6 heteroatoms. The summed E-state index contributed by atoms with van der Waals surface area (Å²) in [6.07, 6.45) is 0. The lowest BCUT2D eigenvalue weighted by molar-refractivity contribution is 0.482. The lowest BCUT2D eigenvalue weighted by atomic mass is 9.85. The molecule has 0 spiro atoms. The van der Waals surface area contributed by atoms with Crippen molar-refractivity contribution >= 4 is 21.5 Å². The van der Waals surface area contributed by atoms with Gasteiger partial charge < -0.3 is 9.80 Å². The summed E-state index contributed by atoms with van der Waals surface area (Å²) < 4.78 is 34.3. The summed E-state index contributed by atoms with van der Waals surface area (Å²) in [5, 5.41) is 0. The molecule has 0 unspecified atom stereocenters. The van der Waals surface area contributed by atoms with Crippen LogP contribution in [0.4, 0.5) is 11.4 Å². The molecule has 3 rings (SSSR count). The Hall–Kier alpha value is -2.83. The van der Waals surface area contributed by atoms with E-state index in [1.165, 1.54) is 6.07 Å². The summed E-state index contributed by atoms with van der Waals surface area (Å²) in [6.45, 7) is 12.2. The van der Waals surface area contributed by atoms with E-state index in [9.17, 15) is 13.0 Å². The molecule has 0 aliphatic carbocycles. The summed E-state index contributed by atoms with van der Waals surface area (Å²) in [5.41, 5.74) is 4.76. The van der Waals surface area contributed by atoms with Crippen molar-refractivity contribution in [1.29, 1.82) is 0 Å². The van der Waals surface area contributed by atoms with Crippen LogP contribution in [-0.4, -0.2) is 39.1 Å². The van der Waals surface area contributed by atoms with Crippen LogP contribution in [0.2, 0.25) is 0 Å². The minimum atomic E-state index is -4.37. The van der Waals surface area contributed by atoms with Crippen molar-refractivity contribution in [2.45, 2.75) is 38.5 Å². The molecule has 0 radical (unpaired) electrons. The summed E-state index contributed by atoms with van der Waals surface area (Å²) >= 11 is 0. The zero-order chi connectivity index (χ0) is 24.0. The lowest BCUT2D eigenvalue weighted by Crippen LogP contribution is -2.22. The number of nitrogens with zero attached hydrogens (tertiary/aromatic N) is 2. The van der Waals surface area contributed by atoms with Gasteiger partial charge in [-0.15, -0.1) is 0 Å². The third-order valence-electron chi connectivity index (χ3n) is 6.22. The van der Waals surface area contributed by atoms with Crippen LogP contribution in [0.1, 0.15) is 50.3 Å². The minimum Gasteiger partial charge on any atom is -0.372 e. The smallest absolute Gasteiger partial charge is 0.294 e. The molecule has 0 heterocycles. The SMILES string of the molecule is CCN(CC)c1ccc(C(c2ccc(N(CC)CC)cc2)c2ccccc2S(=O)(=O)O)cc1. The van der Waals surface area contributed by atoms with Gasteiger partial charge in [0.2, 0.25) is 0 Å². The highest BCUT2D eigenvalue weighted by Crippen LogP contribution is 2.37. The molecule has 0 atom stereocenters. The van der Waals surface area contributed by atoms with Crippen LogP contribution in [0.5, 0.6) is 0 Å². The summed E-state index contributed by atoms with van der Waals surface area (Å²) in [4.78, 5) is 4.48. The van der Waals surface area contributed by atoms with E-state index in [2.05, 4.69) is 86.0 Å². The third-order valence-corrected chi connectivity index (χ3v) is 7.15. The summed E-state index contributed by atoms with van der Waals surface area (Å²) in [7, 11) is -4.37. The van der Waals surface area contributed by atoms with Crippen LogP contribution >= 0.6 is 0 Å². The van der Waals surface area contributed by atoms with Gasteiger partial charge in [0.15, 0.2) is 0 Å². The lowest BCUT2D eigenvalue weighted by Gasteiger charge is -2.25. The maximum absolute atomic E-state index is 12.2. The highest BCUT2D eigenvalue weighted by molar-refractivity contribution is 7.85. The Kier molecular flexibility index (Phi) is 8.16. The second-order valence-electron chi connectivity index (χ2n) is 7.97. The maximum atomic E-state index is 12.2. The molecular weight excluding hydrogens is 432 g/mol. The fourth-order valence-corrected chi connectivity index (χ4v) is 5.17. The number of rotatable bonds is 10. The summed E-state index contributed by atoms with van der Waals surface area (Å²) in [6, 6.07) is 23.2. The van der Waals surface area contributed by atoms with Crippen LogP contribution in [-0.2, 0) is 10.1 Å². The van der Waals surface area contributed by atoms with Crippen LogP contribution < -0.4 is 9.80 Å². The molecule has 0 fully saturated rings. The predicted octanol–water partition coefficient (Wildman–Crippen LogP) is 5.81. The van der Waals surface area contributed by atoms with Crippen LogP contribution in [0.15, 0.2) is 77.7 Å². The zero-order valence-electron chi connectivity index (χ0n) is 19.9. The van der Waals surface area contributed by atoms with Gasteiger partial charge in [0.05, 0.1) is 4.90 Å². The Morgan fingerprint density at radius 1 is 0.667 bits per heavy atom. The second kappa shape index (κ2) is 10.9. The fraction of sp³-hybridized carbons (Fsp3) is 0.333. The Labute approximate surface area is 198 Å². The average Bonchev–Trinajstić information content (AvgIpc) is 2.82. The molecule has 0 saturated heterocycles. The van der Waals surface area contributed by atoms with Crippen LogP contribution in [0.3, 0.4) is 0 Å². The summed E-state index contributed by atoms with van der Waals surface area (Å²) in [5.74, 6) is -0.334. The molecule has 3 aromatic rings. The Morgan fingerprint density at radius 3 is 1.42 bits per heavy atom. The van der Waals surface area contributed by atoms with Crippen molar-refractivity contribution in [1.82, 2.24) is 0 Å². The molecule has 0 amide bonds. The highest BCUT2D eigenvalue weighted by atomic mass is 32.2. The molecule has 33 heavy (non-hydrogen) atoms. The van der Waals surface area contributed by atoms with Gasteiger partial charge in [-0.25, -0.2) is 0 Å². The molecule has 3 aromatic carbocycles. The first-order valence-corrected chi connectivity index (χ1v) is 13.0. The topological polar surface area (TPSA) is 60.9 Å². The van der Waals surface area contributed by atoms with Crippen molar-refractivity contribution < 1.29 is 13.0 Å². The molecule has 0 aliphatic rings. The molecule has 0 bridgehead atoms. The van der Waals surface area contributed by atoms with Gasteiger partial charge in [-0.2, -0.15) is 8.42 Å². The van der Waals surface area contributed by atoms with E-state index in [1.54, 1.807) is 12.1 Å². The predicted molar refractivity (Wildman–Crippen MR) is 137 cm³/mol.